The zero-order valence-electron chi connectivity index (χ0n) is 11.1. The summed E-state index contributed by atoms with van der Waals surface area (Å²) in [4.78, 5) is 14.5. The molecule has 0 radical (unpaired) electrons. The van der Waals surface area contributed by atoms with Gasteiger partial charge >= 0.3 is 0 Å². The van der Waals surface area contributed by atoms with Crippen LogP contribution in [0.25, 0.3) is 0 Å². The van der Waals surface area contributed by atoms with E-state index in [0.29, 0.717) is 17.7 Å². The van der Waals surface area contributed by atoms with Crippen molar-refractivity contribution >= 4 is 11.6 Å². The third-order valence-electron chi connectivity index (χ3n) is 3.61. The van der Waals surface area contributed by atoms with Crippen LogP contribution in [-0.4, -0.2) is 17.6 Å². The van der Waals surface area contributed by atoms with E-state index in [0.717, 1.165) is 24.3 Å². The number of para-hydroxylation sites is 1. The summed E-state index contributed by atoms with van der Waals surface area (Å²) in [5.41, 5.74) is 3.60. The highest BCUT2D eigenvalue weighted by atomic mass is 16.5. The van der Waals surface area contributed by atoms with E-state index in [4.69, 9.17) is 4.52 Å². The van der Waals surface area contributed by atoms with Crippen LogP contribution in [-0.2, 0) is 12.8 Å². The molecule has 0 saturated heterocycles. The summed E-state index contributed by atoms with van der Waals surface area (Å²) in [5.74, 6) is 0.604. The third kappa shape index (κ3) is 1.84. The Morgan fingerprint density at radius 3 is 3.00 bits per heavy atom. The predicted molar refractivity (Wildman–Crippen MR) is 72.4 cm³/mol. The van der Waals surface area contributed by atoms with E-state index >= 15 is 0 Å². The molecular weight excluding hydrogens is 240 g/mol. The minimum absolute atomic E-state index is 0.000509. The van der Waals surface area contributed by atoms with Crippen LogP contribution in [0.4, 0.5) is 5.69 Å². The van der Waals surface area contributed by atoms with Gasteiger partial charge in [-0.1, -0.05) is 30.3 Å². The van der Waals surface area contributed by atoms with Gasteiger partial charge in [0.15, 0.2) is 0 Å². The van der Waals surface area contributed by atoms with Crippen molar-refractivity contribution < 1.29 is 9.32 Å². The maximum absolute atomic E-state index is 12.7. The summed E-state index contributed by atoms with van der Waals surface area (Å²) in [6, 6.07) is 8.04. The van der Waals surface area contributed by atoms with Gasteiger partial charge in [-0.15, -0.1) is 0 Å². The summed E-state index contributed by atoms with van der Waals surface area (Å²) in [7, 11) is 0. The van der Waals surface area contributed by atoms with Gasteiger partial charge in [-0.25, -0.2) is 0 Å². The van der Waals surface area contributed by atoms with Gasteiger partial charge in [-0.3, -0.25) is 4.79 Å². The molecule has 4 heteroatoms. The number of benzene rings is 1. The smallest absolute Gasteiger partial charge is 0.263 e. The quantitative estimate of drug-likeness (QED) is 0.830. The first kappa shape index (κ1) is 12.0. The Hall–Kier alpha value is -2.10. The van der Waals surface area contributed by atoms with Crippen molar-refractivity contribution in [2.75, 3.05) is 11.4 Å². The molecule has 19 heavy (non-hydrogen) atoms. The molecule has 0 unspecified atom stereocenters. The largest absolute Gasteiger partial charge is 0.361 e. The zero-order chi connectivity index (χ0) is 13.4. The van der Waals surface area contributed by atoms with Gasteiger partial charge in [0.25, 0.3) is 5.91 Å². The first-order chi connectivity index (χ1) is 9.22. The van der Waals surface area contributed by atoms with Gasteiger partial charge in [-0.05, 0) is 31.4 Å². The Balaban J connectivity index is 2.00. The first-order valence-electron chi connectivity index (χ1n) is 6.57. The molecule has 2 heterocycles. The molecule has 4 nitrogen and oxygen atoms in total. The molecular formula is C15H16N2O2. The van der Waals surface area contributed by atoms with Crippen molar-refractivity contribution in [1.29, 1.82) is 0 Å². The van der Waals surface area contributed by atoms with Crippen LogP contribution in [0.5, 0.6) is 0 Å². The minimum Gasteiger partial charge on any atom is -0.361 e. The number of anilines is 1. The highest BCUT2D eigenvalue weighted by Crippen LogP contribution is 2.30. The van der Waals surface area contributed by atoms with Crippen LogP contribution in [0.1, 0.15) is 34.3 Å². The average molecular weight is 256 g/mol. The van der Waals surface area contributed by atoms with E-state index in [1.54, 1.807) is 6.92 Å². The predicted octanol–water partition coefficient (Wildman–Crippen LogP) is 2.75. The maximum Gasteiger partial charge on any atom is 0.263 e. The number of aryl methyl sites for hydroxylation is 2. The second-order valence-electron chi connectivity index (χ2n) is 4.75. The normalized spacial score (nSPS) is 13.7. The molecule has 0 bridgehead atoms. The molecule has 2 aromatic rings. The monoisotopic (exact) mass is 256 g/mol. The van der Waals surface area contributed by atoms with Crippen molar-refractivity contribution in [2.45, 2.75) is 26.7 Å². The van der Waals surface area contributed by atoms with Crippen LogP contribution in [0, 0.1) is 6.92 Å². The number of rotatable bonds is 2. The number of carbonyl (C=O) groups excluding carboxylic acids is 1. The highest BCUT2D eigenvalue weighted by Gasteiger charge is 2.29. The number of carbonyl (C=O) groups is 1. The number of nitrogens with zero attached hydrogens (tertiary/aromatic N) is 2. The number of hydrogen-bond acceptors (Lipinski definition) is 3. The Morgan fingerprint density at radius 1 is 1.42 bits per heavy atom. The fourth-order valence-electron chi connectivity index (χ4n) is 2.62. The molecule has 0 atom stereocenters. The van der Waals surface area contributed by atoms with Crippen molar-refractivity contribution in [2.24, 2.45) is 0 Å². The number of hydrogen-bond donors (Lipinski definition) is 0. The Bertz CT molecular complexity index is 631. The van der Waals surface area contributed by atoms with Crippen LogP contribution >= 0.6 is 0 Å². The average Bonchev–Trinajstić information content (AvgIpc) is 3.01. The standard InChI is InChI=1S/C15H16N2O2/c1-3-12-14(10(2)19-16-12)15(18)17-9-8-11-6-4-5-7-13(11)17/h4-7H,3,8-9H2,1-2H3. The molecule has 0 N–H and O–H groups in total. The van der Waals surface area contributed by atoms with E-state index in [9.17, 15) is 4.79 Å². The second kappa shape index (κ2) is 4.53. The molecule has 1 aromatic heterocycles. The Labute approximate surface area is 112 Å². The number of fused-ring (bicyclic) bond motifs is 1. The molecule has 3 rings (SSSR count). The molecule has 0 fully saturated rings. The number of aromatic nitrogens is 1. The lowest BCUT2D eigenvalue weighted by molar-refractivity contribution is 0.0987. The summed E-state index contributed by atoms with van der Waals surface area (Å²) < 4.78 is 5.16. The van der Waals surface area contributed by atoms with Crippen LogP contribution in [0.15, 0.2) is 28.8 Å². The second-order valence-corrected chi connectivity index (χ2v) is 4.75. The topological polar surface area (TPSA) is 46.3 Å². The van der Waals surface area contributed by atoms with Gasteiger partial charge in [0, 0.05) is 12.2 Å². The van der Waals surface area contributed by atoms with Crippen molar-refractivity contribution in [3.63, 3.8) is 0 Å². The third-order valence-corrected chi connectivity index (χ3v) is 3.61. The lowest BCUT2D eigenvalue weighted by Gasteiger charge is -2.17. The summed E-state index contributed by atoms with van der Waals surface area (Å²) in [6.07, 6.45) is 1.61. The van der Waals surface area contributed by atoms with E-state index < -0.39 is 0 Å². The van der Waals surface area contributed by atoms with Crippen molar-refractivity contribution in [3.8, 4) is 0 Å². The fraction of sp³-hybridized carbons (Fsp3) is 0.333. The fourth-order valence-corrected chi connectivity index (χ4v) is 2.62. The van der Waals surface area contributed by atoms with Crippen molar-refractivity contribution in [1.82, 2.24) is 5.16 Å². The van der Waals surface area contributed by atoms with Crippen LogP contribution < -0.4 is 4.90 Å². The van der Waals surface area contributed by atoms with Crippen molar-refractivity contribution in [3.05, 3.63) is 46.8 Å². The molecule has 98 valence electrons. The molecule has 1 aromatic carbocycles. The zero-order valence-corrected chi connectivity index (χ0v) is 11.1. The lowest BCUT2D eigenvalue weighted by Crippen LogP contribution is -2.29. The van der Waals surface area contributed by atoms with Gasteiger partial charge in [0.2, 0.25) is 0 Å². The summed E-state index contributed by atoms with van der Waals surface area (Å²) in [5, 5.41) is 3.96. The lowest BCUT2D eigenvalue weighted by atomic mass is 10.1. The molecule has 0 aliphatic carbocycles. The van der Waals surface area contributed by atoms with Gasteiger partial charge < -0.3 is 9.42 Å². The highest BCUT2D eigenvalue weighted by molar-refractivity contribution is 6.08. The van der Waals surface area contributed by atoms with E-state index in [1.807, 2.05) is 30.0 Å². The Kier molecular flexibility index (Phi) is 2.85. The van der Waals surface area contributed by atoms with E-state index in [2.05, 4.69) is 11.2 Å². The minimum atomic E-state index is 0.000509. The van der Waals surface area contributed by atoms with Crippen LogP contribution in [0.3, 0.4) is 0 Å². The van der Waals surface area contributed by atoms with Gasteiger partial charge in [-0.2, -0.15) is 0 Å². The summed E-state index contributed by atoms with van der Waals surface area (Å²) in [6.45, 7) is 4.50. The molecule has 1 amide bonds. The first-order valence-corrected chi connectivity index (χ1v) is 6.57. The van der Waals surface area contributed by atoms with Gasteiger partial charge in [0.1, 0.15) is 11.3 Å². The molecule has 0 spiro atoms. The maximum atomic E-state index is 12.7. The van der Waals surface area contributed by atoms with Gasteiger partial charge in [0.05, 0.1) is 5.69 Å². The number of amides is 1. The molecule has 0 saturated carbocycles. The van der Waals surface area contributed by atoms with E-state index in [1.165, 1.54) is 5.56 Å². The SMILES string of the molecule is CCc1noc(C)c1C(=O)N1CCc2ccccc21. The summed E-state index contributed by atoms with van der Waals surface area (Å²) >= 11 is 0. The molecule has 1 aliphatic rings. The Morgan fingerprint density at radius 2 is 2.21 bits per heavy atom. The van der Waals surface area contributed by atoms with Crippen LogP contribution in [0.2, 0.25) is 0 Å². The van der Waals surface area contributed by atoms with E-state index in [-0.39, 0.29) is 5.91 Å². The molecule has 1 aliphatic heterocycles.